The standard InChI is InChI=1S/C16H15ClN4O3/c1-4-23-16(22)13-12-14(18-9(3)19-15(12)24-21-13)20-10-6-5-8(2)11(17)7-10/h5-7H,4H2,1-3H3,(H,18,19,20). The summed E-state index contributed by atoms with van der Waals surface area (Å²) in [4.78, 5) is 20.6. The molecule has 0 aliphatic carbocycles. The van der Waals surface area contributed by atoms with Gasteiger partial charge in [0.15, 0.2) is 0 Å². The Morgan fingerprint density at radius 3 is 2.83 bits per heavy atom. The van der Waals surface area contributed by atoms with Crippen LogP contribution in [-0.4, -0.2) is 27.7 Å². The van der Waals surface area contributed by atoms with Crippen LogP contribution in [0.4, 0.5) is 11.5 Å². The molecule has 1 aromatic carbocycles. The number of esters is 1. The lowest BCUT2D eigenvalue weighted by Crippen LogP contribution is -2.07. The first-order valence-electron chi connectivity index (χ1n) is 7.34. The van der Waals surface area contributed by atoms with Crippen LogP contribution < -0.4 is 5.32 Å². The number of carbonyl (C=O) groups is 1. The fourth-order valence-corrected chi connectivity index (χ4v) is 2.38. The highest BCUT2D eigenvalue weighted by molar-refractivity contribution is 6.31. The van der Waals surface area contributed by atoms with Gasteiger partial charge in [0.05, 0.1) is 6.61 Å². The fourth-order valence-electron chi connectivity index (χ4n) is 2.20. The summed E-state index contributed by atoms with van der Waals surface area (Å²) in [5, 5.41) is 7.90. The Hall–Kier alpha value is -2.67. The lowest BCUT2D eigenvalue weighted by Gasteiger charge is -2.09. The van der Waals surface area contributed by atoms with E-state index in [0.717, 1.165) is 11.3 Å². The zero-order valence-corrected chi connectivity index (χ0v) is 14.1. The number of hydrogen-bond donors (Lipinski definition) is 1. The topological polar surface area (TPSA) is 90.1 Å². The molecule has 0 radical (unpaired) electrons. The van der Waals surface area contributed by atoms with E-state index in [4.69, 9.17) is 20.9 Å². The van der Waals surface area contributed by atoms with Gasteiger partial charge in [-0.1, -0.05) is 22.8 Å². The Morgan fingerprint density at radius 1 is 1.33 bits per heavy atom. The van der Waals surface area contributed by atoms with Gasteiger partial charge in [0.2, 0.25) is 5.69 Å². The predicted molar refractivity (Wildman–Crippen MR) is 89.8 cm³/mol. The van der Waals surface area contributed by atoms with E-state index >= 15 is 0 Å². The van der Waals surface area contributed by atoms with Gasteiger partial charge >= 0.3 is 5.97 Å². The number of aryl methyl sites for hydroxylation is 2. The molecule has 3 rings (SSSR count). The van der Waals surface area contributed by atoms with Crippen LogP contribution in [0.3, 0.4) is 0 Å². The summed E-state index contributed by atoms with van der Waals surface area (Å²) in [7, 11) is 0. The van der Waals surface area contributed by atoms with Gasteiger partial charge in [-0.25, -0.2) is 9.78 Å². The Morgan fingerprint density at radius 2 is 2.12 bits per heavy atom. The summed E-state index contributed by atoms with van der Waals surface area (Å²) >= 11 is 6.15. The Kier molecular flexibility index (Phi) is 4.35. The van der Waals surface area contributed by atoms with Gasteiger partial charge in [-0.15, -0.1) is 0 Å². The van der Waals surface area contributed by atoms with Crippen molar-refractivity contribution in [1.29, 1.82) is 0 Å². The van der Waals surface area contributed by atoms with Gasteiger partial charge in [-0.3, -0.25) is 0 Å². The smallest absolute Gasteiger partial charge is 0.361 e. The number of ether oxygens (including phenoxy) is 1. The number of benzene rings is 1. The second kappa shape index (κ2) is 6.45. The minimum absolute atomic E-state index is 0.0348. The lowest BCUT2D eigenvalue weighted by molar-refractivity contribution is 0.0517. The summed E-state index contributed by atoms with van der Waals surface area (Å²) in [6.45, 7) is 5.59. The van der Waals surface area contributed by atoms with Gasteiger partial charge in [0.25, 0.3) is 5.71 Å². The number of aromatic nitrogens is 3. The SMILES string of the molecule is CCOC(=O)c1noc2nc(C)nc(Nc3ccc(C)c(Cl)c3)c12. The number of nitrogens with zero attached hydrogens (tertiary/aromatic N) is 3. The molecular formula is C16H15ClN4O3. The van der Waals surface area contributed by atoms with Crippen molar-refractivity contribution in [3.8, 4) is 0 Å². The first-order chi connectivity index (χ1) is 11.5. The Bertz CT molecular complexity index is 923. The molecule has 0 saturated carbocycles. The highest BCUT2D eigenvalue weighted by Crippen LogP contribution is 2.29. The summed E-state index contributed by atoms with van der Waals surface area (Å²) in [5.74, 6) is 0.296. The van der Waals surface area contributed by atoms with Crippen molar-refractivity contribution in [3.63, 3.8) is 0 Å². The zero-order chi connectivity index (χ0) is 17.3. The number of nitrogens with one attached hydrogen (secondary N) is 1. The van der Waals surface area contributed by atoms with E-state index in [1.807, 2.05) is 19.1 Å². The highest BCUT2D eigenvalue weighted by Gasteiger charge is 2.23. The number of anilines is 2. The van der Waals surface area contributed by atoms with Crippen molar-refractivity contribution in [2.75, 3.05) is 11.9 Å². The van der Waals surface area contributed by atoms with Crippen molar-refractivity contribution in [2.24, 2.45) is 0 Å². The molecule has 0 unspecified atom stereocenters. The largest absolute Gasteiger partial charge is 0.461 e. The quantitative estimate of drug-likeness (QED) is 0.718. The maximum absolute atomic E-state index is 12.1. The fraction of sp³-hybridized carbons (Fsp3) is 0.250. The van der Waals surface area contributed by atoms with Crippen LogP contribution in [0.1, 0.15) is 28.8 Å². The lowest BCUT2D eigenvalue weighted by atomic mass is 10.2. The minimum Gasteiger partial charge on any atom is -0.461 e. The number of rotatable bonds is 4. The van der Waals surface area contributed by atoms with E-state index in [1.165, 1.54) is 0 Å². The van der Waals surface area contributed by atoms with E-state index in [0.29, 0.717) is 22.1 Å². The molecule has 0 saturated heterocycles. The van der Waals surface area contributed by atoms with Gasteiger partial charge in [0.1, 0.15) is 17.0 Å². The molecular weight excluding hydrogens is 332 g/mol. The first-order valence-corrected chi connectivity index (χ1v) is 7.71. The normalized spacial score (nSPS) is 10.8. The monoisotopic (exact) mass is 346 g/mol. The summed E-state index contributed by atoms with van der Waals surface area (Å²) in [5.41, 5.74) is 1.93. The van der Waals surface area contributed by atoms with E-state index in [1.54, 1.807) is 19.9 Å². The third-order valence-corrected chi connectivity index (χ3v) is 3.76. The first kappa shape index (κ1) is 16.2. The zero-order valence-electron chi connectivity index (χ0n) is 13.4. The average molecular weight is 347 g/mol. The minimum atomic E-state index is -0.589. The molecule has 24 heavy (non-hydrogen) atoms. The molecule has 0 aliphatic rings. The summed E-state index contributed by atoms with van der Waals surface area (Å²) in [6.07, 6.45) is 0. The van der Waals surface area contributed by atoms with Crippen LogP contribution in [0.25, 0.3) is 11.1 Å². The van der Waals surface area contributed by atoms with Crippen LogP contribution in [0.15, 0.2) is 22.7 Å². The van der Waals surface area contributed by atoms with E-state index in [9.17, 15) is 4.79 Å². The number of carbonyl (C=O) groups excluding carboxylic acids is 1. The molecule has 7 nitrogen and oxygen atoms in total. The van der Waals surface area contributed by atoms with Crippen LogP contribution in [0.5, 0.6) is 0 Å². The van der Waals surface area contributed by atoms with Crippen molar-refractivity contribution < 1.29 is 14.1 Å². The molecule has 0 fully saturated rings. The Labute approximate surface area is 143 Å². The molecule has 0 bridgehead atoms. The molecule has 0 aliphatic heterocycles. The summed E-state index contributed by atoms with van der Waals surface area (Å²) < 4.78 is 10.1. The molecule has 2 aromatic heterocycles. The van der Waals surface area contributed by atoms with Crippen molar-refractivity contribution in [3.05, 3.63) is 40.3 Å². The van der Waals surface area contributed by atoms with Crippen LogP contribution in [-0.2, 0) is 4.74 Å². The van der Waals surface area contributed by atoms with Crippen LogP contribution >= 0.6 is 11.6 Å². The third-order valence-electron chi connectivity index (χ3n) is 3.35. The number of hydrogen-bond acceptors (Lipinski definition) is 7. The maximum Gasteiger partial charge on any atom is 0.361 e. The molecule has 0 amide bonds. The number of fused-ring (bicyclic) bond motifs is 1. The Balaban J connectivity index is 2.09. The van der Waals surface area contributed by atoms with Crippen LogP contribution in [0, 0.1) is 13.8 Å². The molecule has 0 spiro atoms. The van der Waals surface area contributed by atoms with Gasteiger partial charge < -0.3 is 14.6 Å². The maximum atomic E-state index is 12.1. The number of halogens is 1. The van der Waals surface area contributed by atoms with Gasteiger partial charge in [0, 0.05) is 10.7 Å². The molecule has 124 valence electrons. The summed E-state index contributed by atoms with van der Waals surface area (Å²) in [6, 6.07) is 5.52. The second-order valence-corrected chi connectivity index (χ2v) is 5.55. The van der Waals surface area contributed by atoms with E-state index in [-0.39, 0.29) is 18.0 Å². The van der Waals surface area contributed by atoms with Crippen molar-refractivity contribution in [2.45, 2.75) is 20.8 Å². The molecule has 8 heteroatoms. The average Bonchev–Trinajstić information content (AvgIpc) is 2.95. The molecule has 0 atom stereocenters. The molecule has 3 aromatic rings. The van der Waals surface area contributed by atoms with Crippen molar-refractivity contribution in [1.82, 2.24) is 15.1 Å². The van der Waals surface area contributed by atoms with E-state index in [2.05, 4.69) is 20.4 Å². The van der Waals surface area contributed by atoms with Crippen molar-refractivity contribution >= 4 is 40.2 Å². The van der Waals surface area contributed by atoms with Gasteiger partial charge in [-0.2, -0.15) is 4.98 Å². The van der Waals surface area contributed by atoms with E-state index < -0.39 is 5.97 Å². The molecule has 2 heterocycles. The molecule has 1 N–H and O–H groups in total. The predicted octanol–water partition coefficient (Wildman–Crippen LogP) is 3.81. The van der Waals surface area contributed by atoms with Gasteiger partial charge in [-0.05, 0) is 38.5 Å². The third kappa shape index (κ3) is 3.03. The second-order valence-electron chi connectivity index (χ2n) is 5.14. The highest BCUT2D eigenvalue weighted by atomic mass is 35.5. The van der Waals surface area contributed by atoms with Crippen LogP contribution in [0.2, 0.25) is 5.02 Å².